The average molecular weight is 539 g/mol. The van der Waals surface area contributed by atoms with Gasteiger partial charge >= 0.3 is 39.0 Å². The largest absolute Gasteiger partial charge is 2.00 e. The van der Waals surface area contributed by atoms with E-state index in [4.69, 9.17) is 0 Å². The summed E-state index contributed by atoms with van der Waals surface area (Å²) in [5.41, 5.74) is -1.67. The first-order valence-corrected chi connectivity index (χ1v) is 5.75. The van der Waals surface area contributed by atoms with Gasteiger partial charge in [-0.1, -0.05) is 0 Å². The molecule has 0 saturated heterocycles. The summed E-state index contributed by atoms with van der Waals surface area (Å²) < 4.78 is 0. The predicted molar refractivity (Wildman–Crippen MR) is 80.9 cm³/mol. The van der Waals surface area contributed by atoms with E-state index in [1.54, 1.807) is 0 Å². The Morgan fingerprint density at radius 3 is 0.667 bits per heavy atom. The van der Waals surface area contributed by atoms with Crippen LogP contribution in [-0.2, 0) is 60.9 Å². The second kappa shape index (κ2) is 19.4. The fraction of sp³-hybridized carbons (Fsp3) is 0. The van der Waals surface area contributed by atoms with Crippen molar-refractivity contribution >= 4 is 23.9 Å². The smallest absolute Gasteiger partial charge is 0.543 e. The van der Waals surface area contributed by atoms with Crippen molar-refractivity contribution in [1.29, 1.82) is 0 Å². The van der Waals surface area contributed by atoms with Crippen LogP contribution in [0.3, 0.4) is 0 Å². The molecule has 2 aromatic heterocycles. The molecule has 0 saturated carbocycles. The van der Waals surface area contributed by atoms with Crippen LogP contribution in [0.5, 0.6) is 0 Å². The van der Waals surface area contributed by atoms with E-state index in [9.17, 15) is 39.6 Å². The number of carboxylic acid groups (broad SMARTS) is 4. The normalized spacial score (nSPS) is 7.47. The second-order valence-corrected chi connectivity index (χ2v) is 3.76. The van der Waals surface area contributed by atoms with Crippen LogP contribution in [0.15, 0.2) is 24.3 Å². The van der Waals surface area contributed by atoms with Crippen molar-refractivity contribution in [3.8, 4) is 0 Å². The fourth-order valence-electron chi connectivity index (χ4n) is 1.10. The first kappa shape index (κ1) is 41.5. The second-order valence-electron chi connectivity index (χ2n) is 3.76. The number of aromatic nitrogens is 4. The van der Waals surface area contributed by atoms with Crippen molar-refractivity contribution < 1.29 is 100 Å². The Morgan fingerprint density at radius 2 is 0.600 bits per heavy atom. The Bertz CT molecular complexity index is 655. The topological polar surface area (TPSA) is 344 Å². The number of carbonyl (C=O) groups is 4. The van der Waals surface area contributed by atoms with Crippen molar-refractivity contribution in [2.75, 3.05) is 0 Å². The number of carbonyl (C=O) groups excluding carboxylic acids is 4. The number of hydrogen-bond acceptors (Lipinski definition) is 12. The Kier molecular flexibility index (Phi) is 26.9. The van der Waals surface area contributed by atoms with Gasteiger partial charge < -0.3 is 61.5 Å². The van der Waals surface area contributed by atoms with Gasteiger partial charge in [-0.3, -0.25) is 0 Å². The van der Waals surface area contributed by atoms with Gasteiger partial charge in [0.15, 0.2) is 0 Å². The maximum atomic E-state index is 10.1. The quantitative estimate of drug-likeness (QED) is 0.258. The Labute approximate surface area is 191 Å². The molecule has 0 bridgehead atoms. The summed E-state index contributed by atoms with van der Waals surface area (Å²) >= 11 is 0. The monoisotopic (exact) mass is 536 g/mol. The van der Waals surface area contributed by atoms with Gasteiger partial charge in [-0.2, -0.15) is 0 Å². The molecule has 16 nitrogen and oxygen atoms in total. The van der Waals surface area contributed by atoms with E-state index in [-0.39, 0.29) is 60.9 Å². The molecule has 0 amide bonds. The van der Waals surface area contributed by atoms with Crippen molar-refractivity contribution in [3.63, 3.8) is 0 Å². The van der Waals surface area contributed by atoms with Crippen LogP contribution in [0.4, 0.5) is 0 Å². The van der Waals surface area contributed by atoms with Gasteiger partial charge in [-0.15, -0.1) is 20.4 Å². The first-order valence-electron chi connectivity index (χ1n) is 5.75. The van der Waals surface area contributed by atoms with Crippen LogP contribution in [0.1, 0.15) is 42.0 Å². The summed E-state index contributed by atoms with van der Waals surface area (Å²) in [4.78, 5) is 40.4. The average Bonchev–Trinajstić information content (AvgIpc) is 2.55. The molecule has 0 aromatic carbocycles. The molecule has 0 atom stereocenters. The van der Waals surface area contributed by atoms with Gasteiger partial charge in [0.05, 0.1) is 23.9 Å². The summed E-state index contributed by atoms with van der Waals surface area (Å²) in [5.74, 6) is -6.03. The Hall–Kier alpha value is -2.87. The summed E-state index contributed by atoms with van der Waals surface area (Å²) in [5, 5.41) is 52.7. The number of carboxylic acids is 4. The minimum absolute atomic E-state index is 0. The van der Waals surface area contributed by atoms with Crippen molar-refractivity contribution in [1.82, 2.24) is 20.4 Å². The molecule has 2 aromatic rings. The molecular weight excluding hydrogens is 523 g/mol. The summed E-state index contributed by atoms with van der Waals surface area (Å²) in [6.07, 6.45) is 0. The van der Waals surface area contributed by atoms with Gasteiger partial charge in [0.2, 0.25) is 0 Å². The Balaban J connectivity index is -0.0000000800. The van der Waals surface area contributed by atoms with Gasteiger partial charge in [0, 0.05) is 0 Å². The van der Waals surface area contributed by atoms with E-state index >= 15 is 0 Å². The zero-order valence-corrected chi connectivity index (χ0v) is 21.0. The van der Waals surface area contributed by atoms with E-state index in [1.807, 2.05) is 0 Å². The van der Waals surface area contributed by atoms with Crippen LogP contribution in [0.25, 0.3) is 0 Å². The van der Waals surface area contributed by atoms with Gasteiger partial charge in [0.25, 0.3) is 0 Å². The number of nitrogens with zero attached hydrogens (tertiary/aromatic N) is 4. The molecule has 0 spiro atoms. The molecule has 0 aliphatic rings. The van der Waals surface area contributed by atoms with Crippen molar-refractivity contribution in [3.05, 3.63) is 47.0 Å². The first-order chi connectivity index (χ1) is 11.2. The van der Waals surface area contributed by atoms with Gasteiger partial charge in [-0.25, -0.2) is 0 Å². The van der Waals surface area contributed by atoms with Crippen molar-refractivity contribution in [2.45, 2.75) is 0 Å². The molecule has 18 heteroatoms. The molecule has 156 valence electrons. The molecule has 0 fully saturated rings. The zero-order chi connectivity index (χ0) is 18.3. The number of rotatable bonds is 4. The third-order valence-corrected chi connectivity index (χ3v) is 2.17. The fourth-order valence-corrected chi connectivity index (χ4v) is 1.10. The molecule has 2 rings (SSSR count). The van der Waals surface area contributed by atoms with E-state index in [0.29, 0.717) is 0 Å². The molecule has 0 radical (unpaired) electrons. The maximum Gasteiger partial charge on any atom is 2.00 e. The van der Waals surface area contributed by atoms with E-state index in [0.717, 1.165) is 24.3 Å². The van der Waals surface area contributed by atoms with Gasteiger partial charge in [0.1, 0.15) is 22.8 Å². The molecule has 2 heterocycles. The number of hydrogen-bond donors (Lipinski definition) is 0. The van der Waals surface area contributed by atoms with Crippen LogP contribution in [0.2, 0.25) is 0 Å². The van der Waals surface area contributed by atoms with E-state index in [1.165, 1.54) is 0 Å². The summed E-state index contributed by atoms with van der Waals surface area (Å²) in [6, 6.07) is 3.92. The maximum absolute atomic E-state index is 10.1. The third kappa shape index (κ3) is 13.3. The molecule has 0 aliphatic heterocycles. The van der Waals surface area contributed by atoms with Crippen LogP contribution >= 0.6 is 0 Å². The minimum Gasteiger partial charge on any atom is -0.543 e. The SMILES string of the molecule is O=C([O-])c1ccc(C(=O)[O-])nn1.O=C([O-])c1ccc(C(=O)[O-])nn1.[OH3+].[OH3+].[OH3+].[OH3+].[Zn+2].[Zn+2]. The molecule has 30 heavy (non-hydrogen) atoms. The molecule has 0 unspecified atom stereocenters. The zero-order valence-electron chi connectivity index (χ0n) is 15.1. The Morgan fingerprint density at radius 1 is 0.467 bits per heavy atom. The summed E-state index contributed by atoms with van der Waals surface area (Å²) in [6.45, 7) is 0. The number of aromatic carboxylic acids is 4. The van der Waals surface area contributed by atoms with E-state index < -0.39 is 46.7 Å². The summed E-state index contributed by atoms with van der Waals surface area (Å²) in [7, 11) is 0. The third-order valence-electron chi connectivity index (χ3n) is 2.17. The van der Waals surface area contributed by atoms with Crippen molar-refractivity contribution in [2.24, 2.45) is 0 Å². The molecular formula is C12H16N4O12Zn2+4. The van der Waals surface area contributed by atoms with Crippen LogP contribution in [-0.4, -0.2) is 44.3 Å². The predicted octanol–water partition coefficient (Wildman–Crippen LogP) is -9.29. The molecule has 0 aliphatic carbocycles. The van der Waals surface area contributed by atoms with Crippen LogP contribution < -0.4 is 20.4 Å². The molecule has 12 N–H and O–H groups in total. The van der Waals surface area contributed by atoms with E-state index in [2.05, 4.69) is 20.4 Å². The standard InChI is InChI=1S/2C6H4N2O4.4H2O.2Zn/c2*9-5(10)3-1-2-4(6(11)12)8-7-3;;;;;;/h2*1-2H,(H,9,10)(H,11,12);4*1H2;;/q;;;;;;2*+2. The van der Waals surface area contributed by atoms with Crippen LogP contribution in [0, 0.1) is 0 Å². The van der Waals surface area contributed by atoms with Gasteiger partial charge in [-0.05, 0) is 24.3 Å². The minimum atomic E-state index is -1.51.